The van der Waals surface area contributed by atoms with Crippen LogP contribution < -0.4 is 5.69 Å². The van der Waals surface area contributed by atoms with E-state index >= 15 is 0 Å². The van der Waals surface area contributed by atoms with E-state index < -0.39 is 0 Å². The first kappa shape index (κ1) is 13.7. The number of pyridine rings is 1. The van der Waals surface area contributed by atoms with Crippen molar-refractivity contribution >= 4 is 17.3 Å². The second-order valence-electron chi connectivity index (χ2n) is 5.09. The molecule has 0 spiro atoms. The van der Waals surface area contributed by atoms with E-state index in [4.69, 9.17) is 4.74 Å². The van der Waals surface area contributed by atoms with Gasteiger partial charge in [-0.2, -0.15) is 0 Å². The summed E-state index contributed by atoms with van der Waals surface area (Å²) in [6.07, 6.45) is 2.85. The first-order valence-electron chi connectivity index (χ1n) is 7.17. The van der Waals surface area contributed by atoms with E-state index in [1.54, 1.807) is 28.7 Å². The lowest BCUT2D eigenvalue weighted by molar-refractivity contribution is 0.0927. The summed E-state index contributed by atoms with van der Waals surface area (Å²) in [7, 11) is 0. The number of piperidine rings is 1. The van der Waals surface area contributed by atoms with Gasteiger partial charge in [-0.1, -0.05) is 0 Å². The summed E-state index contributed by atoms with van der Waals surface area (Å²) in [5.41, 5.74) is 1.28. The highest BCUT2D eigenvalue weighted by atomic mass is 16.6. The van der Waals surface area contributed by atoms with Crippen LogP contribution in [0.3, 0.4) is 0 Å². The van der Waals surface area contributed by atoms with Gasteiger partial charge in [-0.25, -0.2) is 14.6 Å². The quantitative estimate of drug-likeness (QED) is 0.909. The van der Waals surface area contributed by atoms with Crippen LogP contribution in [0.4, 0.5) is 4.79 Å². The Morgan fingerprint density at radius 3 is 2.95 bits per heavy atom. The standard InChI is InChI=1S/C14H18N4O3/c1-2-21-14(20)17-8-5-10(6-9-17)18-12-11(16-13(18)19)4-3-7-15-12/h3-4,7,10H,2,5-6,8-9H2,1H3,(H,16,19). The lowest BCUT2D eigenvalue weighted by atomic mass is 10.1. The van der Waals surface area contributed by atoms with Gasteiger partial charge in [0.15, 0.2) is 5.65 Å². The third kappa shape index (κ3) is 2.51. The molecular weight excluding hydrogens is 272 g/mol. The molecule has 7 heteroatoms. The van der Waals surface area contributed by atoms with Crippen LogP contribution in [0.2, 0.25) is 0 Å². The van der Waals surface area contributed by atoms with E-state index in [1.165, 1.54) is 0 Å². The minimum absolute atomic E-state index is 0.0619. The van der Waals surface area contributed by atoms with Crippen LogP contribution >= 0.6 is 0 Å². The van der Waals surface area contributed by atoms with Gasteiger partial charge in [0.25, 0.3) is 0 Å². The number of H-pyrrole nitrogens is 1. The summed E-state index contributed by atoms with van der Waals surface area (Å²) in [5, 5.41) is 0. The molecule has 7 nitrogen and oxygen atoms in total. The number of aromatic amines is 1. The predicted octanol–water partition coefficient (Wildman–Crippen LogP) is 1.52. The van der Waals surface area contributed by atoms with Crippen molar-refractivity contribution in [2.45, 2.75) is 25.8 Å². The molecule has 3 heterocycles. The van der Waals surface area contributed by atoms with Crippen molar-refractivity contribution in [3.05, 3.63) is 28.8 Å². The van der Waals surface area contributed by atoms with E-state index in [0.717, 1.165) is 18.4 Å². The normalized spacial score (nSPS) is 16.3. The Morgan fingerprint density at radius 1 is 1.48 bits per heavy atom. The number of likely N-dealkylation sites (tertiary alicyclic amines) is 1. The molecule has 2 aromatic rings. The monoisotopic (exact) mass is 290 g/mol. The van der Waals surface area contributed by atoms with Gasteiger partial charge < -0.3 is 14.6 Å². The Hall–Kier alpha value is -2.31. The van der Waals surface area contributed by atoms with Gasteiger partial charge in [0.2, 0.25) is 0 Å². The number of aromatic nitrogens is 3. The molecule has 0 atom stereocenters. The highest BCUT2D eigenvalue weighted by Crippen LogP contribution is 2.24. The average molecular weight is 290 g/mol. The van der Waals surface area contributed by atoms with Crippen LogP contribution in [0, 0.1) is 0 Å². The number of carbonyl (C=O) groups is 1. The van der Waals surface area contributed by atoms with Crippen LogP contribution in [-0.4, -0.2) is 45.2 Å². The number of carbonyl (C=O) groups excluding carboxylic acids is 1. The van der Waals surface area contributed by atoms with Gasteiger partial charge in [-0.05, 0) is 31.9 Å². The smallest absolute Gasteiger partial charge is 0.409 e. The first-order chi connectivity index (χ1) is 10.2. The number of amides is 1. The molecular formula is C14H18N4O3. The molecule has 1 saturated heterocycles. The topological polar surface area (TPSA) is 80.2 Å². The van der Waals surface area contributed by atoms with Crippen LogP contribution in [0.5, 0.6) is 0 Å². The van der Waals surface area contributed by atoms with Gasteiger partial charge in [0, 0.05) is 25.3 Å². The Bertz CT molecular complexity index is 698. The van der Waals surface area contributed by atoms with E-state index in [9.17, 15) is 9.59 Å². The maximum Gasteiger partial charge on any atom is 0.409 e. The van der Waals surface area contributed by atoms with Crippen molar-refractivity contribution in [2.24, 2.45) is 0 Å². The van der Waals surface area contributed by atoms with Crippen molar-refractivity contribution in [1.29, 1.82) is 0 Å². The molecule has 0 aromatic carbocycles. The van der Waals surface area contributed by atoms with E-state index in [0.29, 0.717) is 25.3 Å². The van der Waals surface area contributed by atoms with Crippen LogP contribution in [0.1, 0.15) is 25.8 Å². The number of hydrogen-bond acceptors (Lipinski definition) is 4. The number of nitrogens with zero attached hydrogens (tertiary/aromatic N) is 3. The average Bonchev–Trinajstić information content (AvgIpc) is 2.83. The Morgan fingerprint density at radius 2 is 2.24 bits per heavy atom. The molecule has 1 aliphatic rings. The van der Waals surface area contributed by atoms with Crippen molar-refractivity contribution in [3.8, 4) is 0 Å². The lowest BCUT2D eigenvalue weighted by Gasteiger charge is -2.31. The van der Waals surface area contributed by atoms with Gasteiger partial charge >= 0.3 is 11.8 Å². The summed E-state index contributed by atoms with van der Waals surface area (Å²) < 4.78 is 6.71. The fourth-order valence-electron chi connectivity index (χ4n) is 2.82. The minimum Gasteiger partial charge on any atom is -0.450 e. The number of ether oxygens (including phenoxy) is 1. The highest BCUT2D eigenvalue weighted by Gasteiger charge is 2.26. The maximum atomic E-state index is 12.1. The summed E-state index contributed by atoms with van der Waals surface area (Å²) >= 11 is 0. The third-order valence-electron chi connectivity index (χ3n) is 3.83. The zero-order chi connectivity index (χ0) is 14.8. The van der Waals surface area contributed by atoms with Crippen molar-refractivity contribution < 1.29 is 9.53 Å². The van der Waals surface area contributed by atoms with Gasteiger partial charge in [-0.15, -0.1) is 0 Å². The molecule has 1 N–H and O–H groups in total. The molecule has 0 radical (unpaired) electrons. The molecule has 1 aliphatic heterocycles. The summed E-state index contributed by atoms with van der Waals surface area (Å²) in [4.78, 5) is 32.6. The molecule has 112 valence electrons. The van der Waals surface area contributed by atoms with Crippen molar-refractivity contribution in [1.82, 2.24) is 19.4 Å². The molecule has 1 amide bonds. The Balaban J connectivity index is 1.79. The van der Waals surface area contributed by atoms with E-state index in [1.807, 2.05) is 6.07 Å². The first-order valence-corrected chi connectivity index (χ1v) is 7.17. The zero-order valence-electron chi connectivity index (χ0n) is 11.9. The molecule has 0 saturated carbocycles. The molecule has 0 aliphatic carbocycles. The van der Waals surface area contributed by atoms with Crippen molar-refractivity contribution in [3.63, 3.8) is 0 Å². The van der Waals surface area contributed by atoms with Gasteiger partial charge in [0.1, 0.15) is 0 Å². The van der Waals surface area contributed by atoms with Gasteiger partial charge in [0.05, 0.1) is 12.1 Å². The molecule has 1 fully saturated rings. The van der Waals surface area contributed by atoms with Crippen LogP contribution in [0.25, 0.3) is 11.2 Å². The molecule has 0 unspecified atom stereocenters. The number of hydrogen-bond donors (Lipinski definition) is 1. The lowest BCUT2D eigenvalue weighted by Crippen LogP contribution is -2.40. The fraction of sp³-hybridized carbons (Fsp3) is 0.500. The minimum atomic E-state index is -0.277. The predicted molar refractivity (Wildman–Crippen MR) is 77.2 cm³/mol. The van der Waals surface area contributed by atoms with Crippen LogP contribution in [-0.2, 0) is 4.74 Å². The number of fused-ring (bicyclic) bond motifs is 1. The van der Waals surface area contributed by atoms with E-state index in [2.05, 4.69) is 9.97 Å². The van der Waals surface area contributed by atoms with Crippen LogP contribution in [0.15, 0.2) is 23.1 Å². The summed E-state index contributed by atoms with van der Waals surface area (Å²) in [6.45, 7) is 3.36. The van der Waals surface area contributed by atoms with Gasteiger partial charge in [-0.3, -0.25) is 4.57 Å². The van der Waals surface area contributed by atoms with E-state index in [-0.39, 0.29) is 17.8 Å². The second-order valence-corrected chi connectivity index (χ2v) is 5.09. The second kappa shape index (κ2) is 5.59. The van der Waals surface area contributed by atoms with Crippen molar-refractivity contribution in [2.75, 3.05) is 19.7 Å². The largest absolute Gasteiger partial charge is 0.450 e. The maximum absolute atomic E-state index is 12.1. The number of imidazole rings is 1. The zero-order valence-corrected chi connectivity index (χ0v) is 11.9. The third-order valence-corrected chi connectivity index (χ3v) is 3.83. The highest BCUT2D eigenvalue weighted by molar-refractivity contribution is 5.70. The Kier molecular flexibility index (Phi) is 3.64. The summed E-state index contributed by atoms with van der Waals surface area (Å²) in [6, 6.07) is 3.70. The summed E-state index contributed by atoms with van der Waals surface area (Å²) in [5.74, 6) is 0. The fourth-order valence-corrected chi connectivity index (χ4v) is 2.82. The molecule has 3 rings (SSSR count). The molecule has 21 heavy (non-hydrogen) atoms. The SMILES string of the molecule is CCOC(=O)N1CCC(n2c(=O)[nH]c3cccnc32)CC1. The molecule has 0 bridgehead atoms. The number of rotatable bonds is 2. The molecule has 2 aromatic heterocycles. The Labute approximate surface area is 121 Å². The number of nitrogens with one attached hydrogen (secondary N) is 1.